The third kappa shape index (κ3) is 3.40. The Morgan fingerprint density at radius 2 is 2.03 bits per heavy atom. The number of hydrogen-bond acceptors (Lipinski definition) is 6. The Balaban J connectivity index is 1.42. The normalized spacial score (nSPS) is 19.1. The number of fused-ring (bicyclic) bond motifs is 5. The van der Waals surface area contributed by atoms with Gasteiger partial charge in [-0.3, -0.25) is 14.2 Å². The van der Waals surface area contributed by atoms with Crippen molar-refractivity contribution in [2.45, 2.75) is 17.5 Å². The van der Waals surface area contributed by atoms with Crippen LogP contribution in [-0.2, 0) is 11.3 Å². The fourth-order valence-corrected chi connectivity index (χ4v) is 6.70. The van der Waals surface area contributed by atoms with Gasteiger partial charge in [0.2, 0.25) is 5.91 Å². The number of hydrogen-bond donors (Lipinski definition) is 1. The molecule has 0 fully saturated rings. The van der Waals surface area contributed by atoms with E-state index < -0.39 is 0 Å². The molecule has 30 heavy (non-hydrogen) atoms. The number of rotatable bonds is 4. The van der Waals surface area contributed by atoms with Gasteiger partial charge in [-0.15, -0.1) is 11.8 Å². The van der Waals surface area contributed by atoms with Crippen LogP contribution in [0.1, 0.15) is 16.4 Å². The summed E-state index contributed by atoms with van der Waals surface area (Å²) in [6, 6.07) is 15.2. The van der Waals surface area contributed by atoms with Gasteiger partial charge in [-0.1, -0.05) is 29.5 Å². The van der Waals surface area contributed by atoms with Gasteiger partial charge in [0, 0.05) is 33.7 Å². The lowest BCUT2D eigenvalue weighted by molar-refractivity contribution is -0.116. The van der Waals surface area contributed by atoms with Crippen LogP contribution in [-0.4, -0.2) is 29.9 Å². The summed E-state index contributed by atoms with van der Waals surface area (Å²) < 4.78 is 12.7. The molecule has 1 N–H and O–H groups in total. The predicted octanol–water partition coefficient (Wildman–Crippen LogP) is 3.80. The molecular weight excluding hydrogens is 420 g/mol. The zero-order valence-electron chi connectivity index (χ0n) is 16.3. The largest absolute Gasteiger partial charge is 0.497 e. The maximum absolute atomic E-state index is 12.8. The lowest BCUT2D eigenvalue weighted by Crippen LogP contribution is -2.31. The van der Waals surface area contributed by atoms with Crippen molar-refractivity contribution in [3.8, 4) is 11.5 Å². The highest BCUT2D eigenvalue weighted by Crippen LogP contribution is 2.50. The van der Waals surface area contributed by atoms with Crippen molar-refractivity contribution >= 4 is 34.7 Å². The Bertz CT molecular complexity index is 1150. The summed E-state index contributed by atoms with van der Waals surface area (Å²) in [5.41, 5.74) is 1.80. The first-order valence-electron chi connectivity index (χ1n) is 9.66. The number of aromatic nitrogens is 1. The second-order valence-electron chi connectivity index (χ2n) is 7.30. The van der Waals surface area contributed by atoms with Gasteiger partial charge >= 0.3 is 4.87 Å². The summed E-state index contributed by atoms with van der Waals surface area (Å²) in [7, 11) is 1.60. The van der Waals surface area contributed by atoms with E-state index in [1.54, 1.807) is 47.7 Å². The van der Waals surface area contributed by atoms with E-state index in [9.17, 15) is 9.59 Å². The fourth-order valence-electron chi connectivity index (χ4n) is 4.01. The topological polar surface area (TPSA) is 69.6 Å². The molecule has 2 atom stereocenters. The van der Waals surface area contributed by atoms with Crippen molar-refractivity contribution in [3.63, 3.8) is 0 Å². The molecule has 2 aliphatic rings. The van der Waals surface area contributed by atoms with Crippen LogP contribution >= 0.6 is 23.1 Å². The van der Waals surface area contributed by atoms with Gasteiger partial charge in [-0.25, -0.2) is 0 Å². The first-order chi connectivity index (χ1) is 14.6. The highest BCUT2D eigenvalue weighted by atomic mass is 32.2. The van der Waals surface area contributed by atoms with Gasteiger partial charge in [0.15, 0.2) is 0 Å². The molecule has 0 bridgehead atoms. The minimum atomic E-state index is -0.224. The Hall–Kier alpha value is -2.71. The summed E-state index contributed by atoms with van der Waals surface area (Å²) in [4.78, 5) is 26.4. The number of ether oxygens (including phenoxy) is 2. The number of thioether (sulfide) groups is 1. The van der Waals surface area contributed by atoms with E-state index in [-0.39, 0.29) is 23.2 Å². The summed E-state index contributed by atoms with van der Waals surface area (Å²) in [6.45, 7) is 0.650. The molecule has 3 heterocycles. The third-order valence-electron chi connectivity index (χ3n) is 5.44. The monoisotopic (exact) mass is 440 g/mol. The van der Waals surface area contributed by atoms with E-state index in [4.69, 9.17) is 9.47 Å². The molecule has 5 rings (SSSR count). The molecule has 0 saturated carbocycles. The van der Waals surface area contributed by atoms with Gasteiger partial charge in [0.05, 0.1) is 18.7 Å². The number of carbonyl (C=O) groups is 1. The van der Waals surface area contributed by atoms with Gasteiger partial charge in [-0.05, 0) is 30.3 Å². The Morgan fingerprint density at radius 1 is 1.23 bits per heavy atom. The molecule has 0 spiro atoms. The van der Waals surface area contributed by atoms with Crippen molar-refractivity contribution in [1.82, 2.24) is 4.57 Å². The van der Waals surface area contributed by atoms with Crippen LogP contribution in [0.15, 0.2) is 58.4 Å². The molecule has 6 nitrogen and oxygen atoms in total. The predicted molar refractivity (Wildman–Crippen MR) is 118 cm³/mol. The fraction of sp³-hybridized carbons (Fsp3) is 0.273. The van der Waals surface area contributed by atoms with Crippen LogP contribution in [0.2, 0.25) is 0 Å². The molecule has 2 aromatic carbocycles. The molecule has 0 radical (unpaired) electrons. The van der Waals surface area contributed by atoms with E-state index in [0.29, 0.717) is 18.2 Å². The number of thiazole rings is 1. The second-order valence-corrected chi connectivity index (χ2v) is 9.30. The first kappa shape index (κ1) is 19.3. The standard InChI is InChI=1S/C22H20N2O4S2/c1-27-15-8-6-14(7-9-15)23-18(25)10-24-21-20(30-22(24)26)19-13(12-29-21)11-28-17-5-3-2-4-16(17)19/h2-9,13,19H,10-12H2,1H3,(H,23,25). The molecule has 8 heteroatoms. The van der Waals surface area contributed by atoms with Crippen molar-refractivity contribution in [1.29, 1.82) is 0 Å². The highest BCUT2D eigenvalue weighted by molar-refractivity contribution is 7.99. The maximum Gasteiger partial charge on any atom is 0.308 e. The number of nitrogens with zero attached hydrogens (tertiary/aromatic N) is 1. The molecule has 1 amide bonds. The van der Waals surface area contributed by atoms with Gasteiger partial charge in [-0.2, -0.15) is 0 Å². The first-order valence-corrected chi connectivity index (χ1v) is 11.5. The number of amides is 1. The molecule has 0 aliphatic carbocycles. The minimum Gasteiger partial charge on any atom is -0.497 e. The number of methoxy groups -OCH3 is 1. The molecule has 0 saturated heterocycles. The quantitative estimate of drug-likeness (QED) is 0.668. The molecule has 2 unspecified atom stereocenters. The SMILES string of the molecule is COc1ccc(NC(=O)Cn2c3c(sc2=O)C2c4ccccc4OCC2CS3)cc1. The number of anilines is 1. The average Bonchev–Trinajstić information content (AvgIpc) is 3.09. The van der Waals surface area contributed by atoms with Gasteiger partial charge < -0.3 is 14.8 Å². The molecular formula is C22H20N2O4S2. The molecule has 2 aliphatic heterocycles. The Morgan fingerprint density at radius 3 is 2.83 bits per heavy atom. The van der Waals surface area contributed by atoms with E-state index in [1.807, 2.05) is 18.2 Å². The average molecular weight is 441 g/mol. The zero-order valence-corrected chi connectivity index (χ0v) is 17.9. The van der Waals surface area contributed by atoms with Crippen molar-refractivity contribution in [2.24, 2.45) is 5.92 Å². The number of nitrogens with one attached hydrogen (secondary N) is 1. The number of carbonyl (C=O) groups excluding carboxylic acids is 1. The lowest BCUT2D eigenvalue weighted by Gasteiger charge is -2.36. The second kappa shape index (κ2) is 7.85. The summed E-state index contributed by atoms with van der Waals surface area (Å²) in [5.74, 6) is 2.73. The summed E-state index contributed by atoms with van der Waals surface area (Å²) >= 11 is 2.90. The Kier molecular flexibility index (Phi) is 5.04. The number of para-hydroxylation sites is 1. The lowest BCUT2D eigenvalue weighted by atomic mass is 9.84. The van der Waals surface area contributed by atoms with E-state index >= 15 is 0 Å². The van der Waals surface area contributed by atoms with Gasteiger partial charge in [0.1, 0.15) is 18.0 Å². The summed E-state index contributed by atoms with van der Waals surface area (Å²) in [5, 5.41) is 3.77. The number of benzene rings is 2. The van der Waals surface area contributed by atoms with Crippen LogP contribution < -0.4 is 19.7 Å². The third-order valence-corrected chi connectivity index (χ3v) is 7.94. The Labute approximate surface area is 181 Å². The van der Waals surface area contributed by atoms with Crippen LogP contribution in [0, 0.1) is 5.92 Å². The molecule has 3 aromatic rings. The smallest absolute Gasteiger partial charge is 0.308 e. The maximum atomic E-state index is 12.8. The van der Waals surface area contributed by atoms with Crippen LogP contribution in [0.25, 0.3) is 0 Å². The highest BCUT2D eigenvalue weighted by Gasteiger charge is 2.39. The van der Waals surface area contributed by atoms with E-state index in [0.717, 1.165) is 32.7 Å². The van der Waals surface area contributed by atoms with E-state index in [2.05, 4.69) is 11.4 Å². The van der Waals surface area contributed by atoms with Gasteiger partial charge in [0.25, 0.3) is 0 Å². The minimum absolute atomic E-state index is 0.000765. The molecule has 1 aromatic heterocycles. The summed E-state index contributed by atoms with van der Waals surface area (Å²) in [6.07, 6.45) is 0. The van der Waals surface area contributed by atoms with Crippen LogP contribution in [0.4, 0.5) is 5.69 Å². The van der Waals surface area contributed by atoms with Crippen LogP contribution in [0.5, 0.6) is 11.5 Å². The van der Waals surface area contributed by atoms with Crippen molar-refractivity contribution in [2.75, 3.05) is 24.8 Å². The molecule has 154 valence electrons. The zero-order chi connectivity index (χ0) is 20.7. The van der Waals surface area contributed by atoms with Crippen molar-refractivity contribution < 1.29 is 14.3 Å². The van der Waals surface area contributed by atoms with Crippen molar-refractivity contribution in [3.05, 3.63) is 68.6 Å². The van der Waals surface area contributed by atoms with E-state index in [1.165, 1.54) is 11.3 Å². The van der Waals surface area contributed by atoms with Crippen LogP contribution in [0.3, 0.4) is 0 Å².